The summed E-state index contributed by atoms with van der Waals surface area (Å²) in [5.41, 5.74) is 0.840. The van der Waals surface area contributed by atoms with Gasteiger partial charge in [0.2, 0.25) is 0 Å². The number of fused-ring (bicyclic) bond motifs is 1. The van der Waals surface area contributed by atoms with Crippen molar-refractivity contribution < 1.29 is 9.53 Å². The molecule has 1 aromatic carbocycles. The highest BCUT2D eigenvalue weighted by Gasteiger charge is 2.26. The zero-order valence-electron chi connectivity index (χ0n) is 16.9. The molecule has 5 nitrogen and oxygen atoms in total. The van der Waals surface area contributed by atoms with Gasteiger partial charge in [0.15, 0.2) is 0 Å². The quantitative estimate of drug-likeness (QED) is 0.784. The molecule has 2 heterocycles. The molecule has 1 fully saturated rings. The summed E-state index contributed by atoms with van der Waals surface area (Å²) >= 11 is 0. The van der Waals surface area contributed by atoms with Gasteiger partial charge < -0.3 is 9.64 Å². The SMILES string of the molecule is C[C@H]1CN(C(=O)OC(C)(C)C)CCCCN1Cc1ccc2cnccc2c1. The summed E-state index contributed by atoms with van der Waals surface area (Å²) in [6, 6.07) is 8.90. The minimum absolute atomic E-state index is 0.200. The molecule has 0 spiro atoms. The molecule has 1 aromatic heterocycles. The predicted octanol–water partition coefficient (Wildman–Crippen LogP) is 4.46. The second kappa shape index (κ2) is 8.26. The van der Waals surface area contributed by atoms with Crippen molar-refractivity contribution in [3.8, 4) is 0 Å². The van der Waals surface area contributed by atoms with Crippen molar-refractivity contribution in [2.45, 2.75) is 58.7 Å². The van der Waals surface area contributed by atoms with Crippen LogP contribution < -0.4 is 0 Å². The van der Waals surface area contributed by atoms with Gasteiger partial charge in [0.05, 0.1) is 0 Å². The summed E-state index contributed by atoms with van der Waals surface area (Å²) in [5, 5.41) is 2.38. The maximum atomic E-state index is 12.5. The van der Waals surface area contributed by atoms with Crippen LogP contribution in [0.5, 0.6) is 0 Å². The average Bonchev–Trinajstić information content (AvgIpc) is 2.59. The smallest absolute Gasteiger partial charge is 0.410 e. The molecule has 1 saturated heterocycles. The van der Waals surface area contributed by atoms with Crippen molar-refractivity contribution in [3.05, 3.63) is 42.2 Å². The Morgan fingerprint density at radius 3 is 2.74 bits per heavy atom. The van der Waals surface area contributed by atoms with E-state index >= 15 is 0 Å². The van der Waals surface area contributed by atoms with E-state index in [4.69, 9.17) is 4.74 Å². The van der Waals surface area contributed by atoms with E-state index < -0.39 is 5.60 Å². The van der Waals surface area contributed by atoms with Crippen molar-refractivity contribution in [2.24, 2.45) is 0 Å². The number of ether oxygens (including phenoxy) is 1. The zero-order valence-corrected chi connectivity index (χ0v) is 16.9. The number of aromatic nitrogens is 1. The highest BCUT2D eigenvalue weighted by Crippen LogP contribution is 2.20. The molecule has 1 aliphatic rings. The molecule has 1 amide bonds. The first-order valence-corrected chi connectivity index (χ1v) is 9.86. The van der Waals surface area contributed by atoms with Gasteiger partial charge in [-0.15, -0.1) is 0 Å². The molecule has 0 N–H and O–H groups in total. The van der Waals surface area contributed by atoms with Gasteiger partial charge >= 0.3 is 6.09 Å². The predicted molar refractivity (Wildman–Crippen MR) is 109 cm³/mol. The molecule has 146 valence electrons. The number of carbonyl (C=O) groups is 1. The molecule has 0 radical (unpaired) electrons. The number of amides is 1. The van der Waals surface area contributed by atoms with Gasteiger partial charge in [0, 0.05) is 43.5 Å². The summed E-state index contributed by atoms with van der Waals surface area (Å²) in [5.74, 6) is 0. The van der Waals surface area contributed by atoms with Gasteiger partial charge in [-0.25, -0.2) is 4.79 Å². The van der Waals surface area contributed by atoms with Crippen LogP contribution in [0.25, 0.3) is 10.8 Å². The third-order valence-electron chi connectivity index (χ3n) is 4.97. The number of carbonyl (C=O) groups excluding carboxylic acids is 1. The van der Waals surface area contributed by atoms with Crippen LogP contribution in [-0.4, -0.2) is 52.2 Å². The largest absolute Gasteiger partial charge is 0.444 e. The molecule has 3 rings (SSSR count). The van der Waals surface area contributed by atoms with Gasteiger partial charge in [0.25, 0.3) is 0 Å². The number of pyridine rings is 1. The minimum atomic E-state index is -0.456. The lowest BCUT2D eigenvalue weighted by Gasteiger charge is -2.36. The third kappa shape index (κ3) is 5.42. The molecule has 27 heavy (non-hydrogen) atoms. The van der Waals surface area contributed by atoms with Gasteiger partial charge in [-0.05, 0) is 70.2 Å². The standard InChI is InChI=1S/C22H31N3O2/c1-17-15-25(21(26)27-22(2,3)4)12-6-5-11-24(17)16-18-7-8-20-14-23-10-9-19(20)13-18/h7-10,13-14,17H,5-6,11-12,15-16H2,1-4H3/t17-/m0/s1. The monoisotopic (exact) mass is 369 g/mol. The van der Waals surface area contributed by atoms with Crippen molar-refractivity contribution in [1.82, 2.24) is 14.8 Å². The highest BCUT2D eigenvalue weighted by atomic mass is 16.6. The molecular weight excluding hydrogens is 338 g/mol. The molecule has 1 aliphatic heterocycles. The second-order valence-corrected chi connectivity index (χ2v) is 8.51. The van der Waals surface area contributed by atoms with Crippen molar-refractivity contribution in [2.75, 3.05) is 19.6 Å². The minimum Gasteiger partial charge on any atom is -0.444 e. The summed E-state index contributed by atoms with van der Waals surface area (Å²) < 4.78 is 5.59. The van der Waals surface area contributed by atoms with Crippen LogP contribution in [0.15, 0.2) is 36.7 Å². The Balaban J connectivity index is 1.68. The van der Waals surface area contributed by atoms with Gasteiger partial charge in [-0.3, -0.25) is 9.88 Å². The van der Waals surface area contributed by atoms with Crippen LogP contribution in [0.1, 0.15) is 46.1 Å². The van der Waals surface area contributed by atoms with E-state index in [1.165, 1.54) is 10.9 Å². The fourth-order valence-electron chi connectivity index (χ4n) is 3.56. The van der Waals surface area contributed by atoms with E-state index in [1.807, 2.05) is 38.1 Å². The number of benzene rings is 1. The molecule has 1 atom stereocenters. The first-order chi connectivity index (χ1) is 12.8. The maximum Gasteiger partial charge on any atom is 0.410 e. The summed E-state index contributed by atoms with van der Waals surface area (Å²) in [4.78, 5) is 21.0. The Morgan fingerprint density at radius 2 is 1.96 bits per heavy atom. The maximum absolute atomic E-state index is 12.5. The van der Waals surface area contributed by atoms with Crippen molar-refractivity contribution >= 4 is 16.9 Å². The first kappa shape index (κ1) is 19.6. The molecule has 0 saturated carbocycles. The lowest BCUT2D eigenvalue weighted by Crippen LogP contribution is -2.48. The van der Waals surface area contributed by atoms with E-state index in [9.17, 15) is 4.79 Å². The van der Waals surface area contributed by atoms with E-state index in [-0.39, 0.29) is 12.1 Å². The Bertz CT molecular complexity index is 784. The van der Waals surface area contributed by atoms with Crippen LogP contribution in [-0.2, 0) is 11.3 Å². The Hall–Kier alpha value is -2.14. The second-order valence-electron chi connectivity index (χ2n) is 8.51. The normalized spacial score (nSPS) is 19.6. The Morgan fingerprint density at radius 1 is 1.19 bits per heavy atom. The summed E-state index contributed by atoms with van der Waals surface area (Å²) in [6.07, 6.45) is 5.63. The van der Waals surface area contributed by atoms with Crippen LogP contribution >= 0.6 is 0 Å². The van der Waals surface area contributed by atoms with Crippen LogP contribution in [0.4, 0.5) is 4.79 Å². The lowest BCUT2D eigenvalue weighted by molar-refractivity contribution is 0.0155. The lowest BCUT2D eigenvalue weighted by atomic mass is 10.1. The van der Waals surface area contributed by atoms with Gasteiger partial charge in [0.1, 0.15) is 5.60 Å². The number of hydrogen-bond donors (Lipinski definition) is 0. The number of hydrogen-bond acceptors (Lipinski definition) is 4. The van der Waals surface area contributed by atoms with Crippen LogP contribution in [0.2, 0.25) is 0 Å². The van der Waals surface area contributed by atoms with Crippen molar-refractivity contribution in [3.63, 3.8) is 0 Å². The average molecular weight is 370 g/mol. The van der Waals surface area contributed by atoms with E-state index in [0.717, 1.165) is 37.9 Å². The fraction of sp³-hybridized carbons (Fsp3) is 0.545. The van der Waals surface area contributed by atoms with E-state index in [2.05, 4.69) is 41.1 Å². The topological polar surface area (TPSA) is 45.7 Å². The molecule has 2 aromatic rings. The van der Waals surface area contributed by atoms with E-state index in [0.29, 0.717) is 6.54 Å². The number of nitrogens with zero attached hydrogens (tertiary/aromatic N) is 3. The molecule has 5 heteroatoms. The summed E-state index contributed by atoms with van der Waals surface area (Å²) in [6.45, 7) is 11.4. The van der Waals surface area contributed by atoms with Crippen LogP contribution in [0.3, 0.4) is 0 Å². The van der Waals surface area contributed by atoms with Crippen LogP contribution in [0, 0.1) is 0 Å². The fourth-order valence-corrected chi connectivity index (χ4v) is 3.56. The summed E-state index contributed by atoms with van der Waals surface area (Å²) in [7, 11) is 0. The Labute approximate surface area is 162 Å². The third-order valence-corrected chi connectivity index (χ3v) is 4.97. The van der Waals surface area contributed by atoms with Crippen molar-refractivity contribution in [1.29, 1.82) is 0 Å². The number of rotatable bonds is 2. The van der Waals surface area contributed by atoms with Gasteiger partial charge in [-0.2, -0.15) is 0 Å². The molecule has 0 unspecified atom stereocenters. The molecular formula is C22H31N3O2. The highest BCUT2D eigenvalue weighted by molar-refractivity contribution is 5.82. The molecule has 0 aliphatic carbocycles. The van der Waals surface area contributed by atoms with E-state index in [1.54, 1.807) is 0 Å². The Kier molecular flexibility index (Phi) is 6.00. The molecule has 0 bridgehead atoms. The first-order valence-electron chi connectivity index (χ1n) is 9.86. The van der Waals surface area contributed by atoms with Gasteiger partial charge in [-0.1, -0.05) is 12.1 Å². The zero-order chi connectivity index (χ0) is 19.4.